The fraction of sp³-hybridized carbons (Fsp3) is 0. The van der Waals surface area contributed by atoms with Crippen molar-refractivity contribution < 1.29 is 0 Å². The van der Waals surface area contributed by atoms with E-state index in [9.17, 15) is 0 Å². The molecule has 10 aromatic rings. The molecule has 54 heavy (non-hydrogen) atoms. The Kier molecular flexibility index (Phi) is 7.77. The van der Waals surface area contributed by atoms with E-state index >= 15 is 0 Å². The minimum absolute atomic E-state index is 0.664. The van der Waals surface area contributed by atoms with Crippen molar-refractivity contribution in [3.63, 3.8) is 0 Å². The Balaban J connectivity index is 1.19. The van der Waals surface area contributed by atoms with Gasteiger partial charge in [0.15, 0.2) is 11.6 Å². The predicted molar refractivity (Wildman–Crippen MR) is 223 cm³/mol. The maximum Gasteiger partial charge on any atom is 0.161 e. The SMILES string of the molecule is c1ccc(-c2cc(-c3cccc4ccccc34)nc(-c3cccc4c(-c5nc(-c6ccccc6)cc(-c6cccc7ccccc67)n5)cccc34)n2)cc1. The van der Waals surface area contributed by atoms with Crippen LogP contribution >= 0.6 is 0 Å². The Hall–Kier alpha value is -7.30. The zero-order valence-corrected chi connectivity index (χ0v) is 29.3. The van der Waals surface area contributed by atoms with E-state index in [1.807, 2.05) is 12.1 Å². The van der Waals surface area contributed by atoms with Crippen LogP contribution in [0.4, 0.5) is 0 Å². The highest BCUT2D eigenvalue weighted by Crippen LogP contribution is 2.38. The van der Waals surface area contributed by atoms with Gasteiger partial charge in [0.05, 0.1) is 22.8 Å². The van der Waals surface area contributed by atoms with Gasteiger partial charge in [-0.2, -0.15) is 0 Å². The lowest BCUT2D eigenvalue weighted by Gasteiger charge is -2.14. The van der Waals surface area contributed by atoms with Gasteiger partial charge in [-0.05, 0) is 44.5 Å². The Labute approximate surface area is 313 Å². The number of hydrogen-bond donors (Lipinski definition) is 0. The van der Waals surface area contributed by atoms with Crippen molar-refractivity contribution in [2.45, 2.75) is 0 Å². The van der Waals surface area contributed by atoms with E-state index < -0.39 is 0 Å². The highest BCUT2D eigenvalue weighted by Gasteiger charge is 2.18. The predicted octanol–water partition coefficient (Wildman–Crippen LogP) is 12.7. The first-order valence-electron chi connectivity index (χ1n) is 18.1. The summed E-state index contributed by atoms with van der Waals surface area (Å²) in [5, 5.41) is 6.72. The molecule has 0 aliphatic heterocycles. The van der Waals surface area contributed by atoms with Gasteiger partial charge >= 0.3 is 0 Å². The van der Waals surface area contributed by atoms with E-state index in [4.69, 9.17) is 19.9 Å². The molecule has 0 amide bonds. The van der Waals surface area contributed by atoms with Gasteiger partial charge in [0.2, 0.25) is 0 Å². The van der Waals surface area contributed by atoms with Crippen molar-refractivity contribution in [3.8, 4) is 67.8 Å². The van der Waals surface area contributed by atoms with Crippen LogP contribution in [0.3, 0.4) is 0 Å². The molecule has 0 saturated carbocycles. The molecule has 0 N–H and O–H groups in total. The van der Waals surface area contributed by atoms with E-state index in [2.05, 4.69) is 182 Å². The fourth-order valence-electron chi connectivity index (χ4n) is 7.52. The molecule has 4 nitrogen and oxygen atoms in total. The number of aromatic nitrogens is 4. The van der Waals surface area contributed by atoms with Crippen molar-refractivity contribution in [3.05, 3.63) is 194 Å². The first-order chi connectivity index (χ1) is 26.8. The number of rotatable bonds is 6. The standard InChI is InChI=1S/C50H32N4/c1-3-17-35(18-4-1)45-31-47(41-27-11-21-33-15-7-9-23-37(33)41)53-49(51-45)43-29-13-26-40-39(43)25-14-30-44(40)50-52-46(36-19-5-2-6-20-36)32-48(54-50)42-28-12-22-34-16-8-10-24-38(34)42/h1-32H. The Morgan fingerprint density at radius 2 is 0.574 bits per heavy atom. The first kappa shape index (κ1) is 31.4. The minimum atomic E-state index is 0.664. The molecule has 0 spiro atoms. The van der Waals surface area contributed by atoms with Crippen molar-refractivity contribution >= 4 is 32.3 Å². The third-order valence-electron chi connectivity index (χ3n) is 10.1. The summed E-state index contributed by atoms with van der Waals surface area (Å²) < 4.78 is 0. The molecule has 0 unspecified atom stereocenters. The maximum atomic E-state index is 5.30. The van der Waals surface area contributed by atoms with E-state index in [1.165, 1.54) is 10.8 Å². The van der Waals surface area contributed by atoms with E-state index in [0.29, 0.717) is 11.6 Å². The summed E-state index contributed by atoms with van der Waals surface area (Å²) in [5.41, 5.74) is 9.61. The van der Waals surface area contributed by atoms with Gasteiger partial charge in [-0.25, -0.2) is 19.9 Å². The van der Waals surface area contributed by atoms with E-state index in [0.717, 1.165) is 77.7 Å². The largest absolute Gasteiger partial charge is 0.228 e. The van der Waals surface area contributed by atoms with Crippen LogP contribution in [0.15, 0.2) is 194 Å². The summed E-state index contributed by atoms with van der Waals surface area (Å²) in [6, 6.07) is 67.3. The average Bonchev–Trinajstić information content (AvgIpc) is 3.26. The van der Waals surface area contributed by atoms with Gasteiger partial charge in [-0.15, -0.1) is 0 Å². The van der Waals surface area contributed by atoms with E-state index in [1.54, 1.807) is 0 Å². The first-order valence-corrected chi connectivity index (χ1v) is 18.1. The molecule has 0 saturated heterocycles. The molecule has 0 aliphatic rings. The molecule has 252 valence electrons. The van der Waals surface area contributed by atoms with Gasteiger partial charge in [-0.3, -0.25) is 0 Å². The average molecular weight is 689 g/mol. The van der Waals surface area contributed by atoms with Crippen molar-refractivity contribution in [1.82, 2.24) is 19.9 Å². The minimum Gasteiger partial charge on any atom is -0.228 e. The Morgan fingerprint density at radius 3 is 1.04 bits per heavy atom. The highest BCUT2D eigenvalue weighted by atomic mass is 14.9. The van der Waals surface area contributed by atoms with E-state index in [-0.39, 0.29) is 0 Å². The van der Waals surface area contributed by atoms with Crippen LogP contribution in [-0.2, 0) is 0 Å². The third-order valence-corrected chi connectivity index (χ3v) is 10.1. The fourth-order valence-corrected chi connectivity index (χ4v) is 7.52. The van der Waals surface area contributed by atoms with Crippen molar-refractivity contribution in [2.24, 2.45) is 0 Å². The van der Waals surface area contributed by atoms with Crippen molar-refractivity contribution in [2.75, 3.05) is 0 Å². The number of fused-ring (bicyclic) bond motifs is 3. The lowest BCUT2D eigenvalue weighted by molar-refractivity contribution is 1.18. The molecule has 0 fully saturated rings. The molecular formula is C50H32N4. The van der Waals surface area contributed by atoms with Gasteiger partial charge in [-0.1, -0.05) is 182 Å². The third kappa shape index (κ3) is 5.67. The van der Waals surface area contributed by atoms with Gasteiger partial charge < -0.3 is 0 Å². The number of benzene rings is 8. The lowest BCUT2D eigenvalue weighted by Crippen LogP contribution is -1.98. The molecule has 2 aromatic heterocycles. The van der Waals surface area contributed by atoms with Crippen LogP contribution in [0.1, 0.15) is 0 Å². The van der Waals surface area contributed by atoms with Crippen LogP contribution in [0.5, 0.6) is 0 Å². The monoisotopic (exact) mass is 688 g/mol. The van der Waals surface area contributed by atoms with Crippen LogP contribution in [0, 0.1) is 0 Å². The quantitative estimate of drug-likeness (QED) is 0.174. The van der Waals surface area contributed by atoms with Gasteiger partial charge in [0, 0.05) is 33.4 Å². The van der Waals surface area contributed by atoms with Crippen LogP contribution in [0.25, 0.3) is 100 Å². The second-order valence-electron chi connectivity index (χ2n) is 13.4. The molecular weight excluding hydrogens is 657 g/mol. The number of nitrogens with zero attached hydrogens (tertiary/aromatic N) is 4. The van der Waals surface area contributed by atoms with Crippen molar-refractivity contribution in [1.29, 1.82) is 0 Å². The van der Waals surface area contributed by atoms with Gasteiger partial charge in [0.25, 0.3) is 0 Å². The second kappa shape index (κ2) is 13.4. The molecule has 0 radical (unpaired) electrons. The Morgan fingerprint density at radius 1 is 0.241 bits per heavy atom. The molecule has 8 aromatic carbocycles. The summed E-state index contributed by atoms with van der Waals surface area (Å²) in [6.07, 6.45) is 0. The zero-order chi connectivity index (χ0) is 35.8. The molecule has 0 aliphatic carbocycles. The summed E-state index contributed by atoms with van der Waals surface area (Å²) in [7, 11) is 0. The maximum absolute atomic E-state index is 5.30. The van der Waals surface area contributed by atoms with Gasteiger partial charge in [0.1, 0.15) is 0 Å². The molecule has 10 rings (SSSR count). The summed E-state index contributed by atoms with van der Waals surface area (Å²) in [5.74, 6) is 1.33. The van der Waals surface area contributed by atoms with Crippen LogP contribution in [-0.4, -0.2) is 19.9 Å². The molecule has 0 bridgehead atoms. The lowest BCUT2D eigenvalue weighted by atomic mass is 9.97. The van der Waals surface area contributed by atoms with Crippen LogP contribution < -0.4 is 0 Å². The molecule has 0 atom stereocenters. The topological polar surface area (TPSA) is 51.6 Å². The summed E-state index contributed by atoms with van der Waals surface area (Å²) >= 11 is 0. The Bertz CT molecular complexity index is 2780. The summed E-state index contributed by atoms with van der Waals surface area (Å²) in [6.45, 7) is 0. The zero-order valence-electron chi connectivity index (χ0n) is 29.3. The smallest absolute Gasteiger partial charge is 0.161 e. The molecule has 2 heterocycles. The molecule has 4 heteroatoms. The number of hydrogen-bond acceptors (Lipinski definition) is 4. The van der Waals surface area contributed by atoms with Crippen LogP contribution in [0.2, 0.25) is 0 Å². The highest BCUT2D eigenvalue weighted by molar-refractivity contribution is 6.04. The summed E-state index contributed by atoms with van der Waals surface area (Å²) in [4.78, 5) is 21.0. The second-order valence-corrected chi connectivity index (χ2v) is 13.4. The normalized spacial score (nSPS) is 11.3.